The molecule has 0 saturated heterocycles. The number of benzene rings is 2. The van der Waals surface area contributed by atoms with Crippen molar-refractivity contribution >= 4 is 15.9 Å². The Bertz CT molecular complexity index is 1000. The Hall–Kier alpha value is -2.69. The molecule has 1 aliphatic carbocycles. The van der Waals surface area contributed by atoms with Crippen LogP contribution in [0, 0.1) is 18.3 Å². The zero-order valence-corrected chi connectivity index (χ0v) is 16.6. The van der Waals surface area contributed by atoms with Crippen LogP contribution in [0.2, 0.25) is 0 Å². The van der Waals surface area contributed by atoms with E-state index in [4.69, 9.17) is 0 Å². The van der Waals surface area contributed by atoms with Crippen LogP contribution in [0.4, 0.5) is 0 Å². The summed E-state index contributed by atoms with van der Waals surface area (Å²) in [6.07, 6.45) is 3.02. The van der Waals surface area contributed by atoms with Crippen LogP contribution in [0.15, 0.2) is 53.4 Å². The summed E-state index contributed by atoms with van der Waals surface area (Å²) in [5, 5.41) is 12.2. The summed E-state index contributed by atoms with van der Waals surface area (Å²) < 4.78 is 28.1. The highest BCUT2D eigenvalue weighted by Gasteiger charge is 2.35. The number of aryl methyl sites for hydroxylation is 1. The van der Waals surface area contributed by atoms with Crippen molar-refractivity contribution in [2.75, 3.05) is 0 Å². The maximum atomic E-state index is 12.8. The fraction of sp³-hybridized carbons (Fsp3) is 0.333. The van der Waals surface area contributed by atoms with Gasteiger partial charge in [0.05, 0.1) is 11.0 Å². The zero-order valence-electron chi connectivity index (χ0n) is 15.7. The highest BCUT2D eigenvalue weighted by Crippen LogP contribution is 2.29. The molecule has 1 fully saturated rings. The molecule has 0 unspecified atom stereocenters. The van der Waals surface area contributed by atoms with Crippen LogP contribution in [0.5, 0.6) is 0 Å². The summed E-state index contributed by atoms with van der Waals surface area (Å²) >= 11 is 0. The van der Waals surface area contributed by atoms with Crippen LogP contribution >= 0.6 is 0 Å². The number of rotatable bonds is 6. The van der Waals surface area contributed by atoms with E-state index in [0.29, 0.717) is 18.4 Å². The summed E-state index contributed by atoms with van der Waals surface area (Å²) in [6.45, 7) is 1.85. The van der Waals surface area contributed by atoms with Crippen molar-refractivity contribution in [3.8, 4) is 6.07 Å². The second kappa shape index (κ2) is 8.13. The van der Waals surface area contributed by atoms with Crippen molar-refractivity contribution in [2.45, 2.75) is 49.6 Å². The molecular formula is C21H23N3O3S. The molecule has 2 N–H and O–H groups in total. The predicted molar refractivity (Wildman–Crippen MR) is 106 cm³/mol. The number of sulfonamides is 1. The van der Waals surface area contributed by atoms with Crippen molar-refractivity contribution in [1.82, 2.24) is 10.0 Å². The fourth-order valence-corrected chi connectivity index (χ4v) is 4.70. The lowest BCUT2D eigenvalue weighted by Gasteiger charge is -2.22. The number of nitrogens with one attached hydrogen (secondary N) is 2. The molecule has 0 radical (unpaired) electrons. The number of carbonyl (C=O) groups excluding carboxylic acids is 1. The smallest absolute Gasteiger partial charge is 0.252 e. The van der Waals surface area contributed by atoms with Gasteiger partial charge in [-0.15, -0.1) is 0 Å². The maximum Gasteiger partial charge on any atom is 0.252 e. The minimum atomic E-state index is -3.79. The van der Waals surface area contributed by atoms with E-state index < -0.39 is 21.5 Å². The molecule has 1 amide bonds. The Morgan fingerprint density at radius 2 is 1.82 bits per heavy atom. The van der Waals surface area contributed by atoms with Crippen LogP contribution in [0.3, 0.4) is 0 Å². The molecule has 6 nitrogen and oxygen atoms in total. The van der Waals surface area contributed by atoms with Crippen molar-refractivity contribution in [2.24, 2.45) is 0 Å². The van der Waals surface area contributed by atoms with Gasteiger partial charge in [0, 0.05) is 12.1 Å². The van der Waals surface area contributed by atoms with Crippen molar-refractivity contribution in [3.05, 3.63) is 65.2 Å². The van der Waals surface area contributed by atoms with E-state index in [0.717, 1.165) is 18.4 Å². The molecule has 3 rings (SSSR count). The van der Waals surface area contributed by atoms with Crippen LogP contribution in [0.25, 0.3) is 0 Å². The molecular weight excluding hydrogens is 374 g/mol. The Kier molecular flexibility index (Phi) is 5.82. The normalized spacial score (nSPS) is 15.7. The molecule has 0 atom stereocenters. The fourth-order valence-electron chi connectivity index (χ4n) is 3.42. The zero-order chi connectivity index (χ0) is 20.2. The van der Waals surface area contributed by atoms with Gasteiger partial charge >= 0.3 is 0 Å². The molecule has 28 heavy (non-hydrogen) atoms. The summed E-state index contributed by atoms with van der Waals surface area (Å²) in [4.78, 5) is 12.7. The van der Waals surface area contributed by atoms with Crippen LogP contribution in [-0.2, 0) is 16.6 Å². The van der Waals surface area contributed by atoms with E-state index in [1.165, 1.54) is 6.07 Å². The largest absolute Gasteiger partial charge is 0.334 e. The van der Waals surface area contributed by atoms with Gasteiger partial charge < -0.3 is 5.32 Å². The minimum Gasteiger partial charge on any atom is -0.334 e. The Morgan fingerprint density at radius 3 is 2.46 bits per heavy atom. The lowest BCUT2D eigenvalue weighted by molar-refractivity contribution is 0.0920. The molecule has 0 aromatic heterocycles. The highest BCUT2D eigenvalue weighted by atomic mass is 32.2. The number of hydrogen-bond acceptors (Lipinski definition) is 4. The number of hydrogen-bond donors (Lipinski definition) is 2. The first-order valence-corrected chi connectivity index (χ1v) is 10.7. The van der Waals surface area contributed by atoms with Gasteiger partial charge in [-0.3, -0.25) is 4.79 Å². The highest BCUT2D eigenvalue weighted by molar-refractivity contribution is 7.89. The number of amides is 1. The van der Waals surface area contributed by atoms with Gasteiger partial charge in [-0.2, -0.15) is 5.26 Å². The maximum absolute atomic E-state index is 12.8. The second-order valence-corrected chi connectivity index (χ2v) is 8.88. The number of nitrogens with zero attached hydrogens (tertiary/aromatic N) is 1. The van der Waals surface area contributed by atoms with E-state index in [2.05, 4.69) is 16.1 Å². The summed E-state index contributed by atoms with van der Waals surface area (Å²) in [5.41, 5.74) is 0.766. The molecule has 1 aliphatic rings. The first-order valence-electron chi connectivity index (χ1n) is 9.23. The van der Waals surface area contributed by atoms with E-state index in [-0.39, 0.29) is 17.0 Å². The van der Waals surface area contributed by atoms with E-state index in [9.17, 15) is 18.5 Å². The van der Waals surface area contributed by atoms with E-state index >= 15 is 0 Å². The molecule has 7 heteroatoms. The third-order valence-electron chi connectivity index (χ3n) is 5.07. The van der Waals surface area contributed by atoms with Crippen molar-refractivity contribution in [1.29, 1.82) is 5.26 Å². The van der Waals surface area contributed by atoms with Crippen LogP contribution in [0.1, 0.15) is 47.2 Å². The lowest BCUT2D eigenvalue weighted by Crippen LogP contribution is -2.45. The van der Waals surface area contributed by atoms with Gasteiger partial charge in [-0.25, -0.2) is 13.1 Å². The molecule has 0 spiro atoms. The van der Waals surface area contributed by atoms with Gasteiger partial charge in [-0.05, 0) is 55.9 Å². The predicted octanol–water partition coefficient (Wildman–Crippen LogP) is 3.04. The topological polar surface area (TPSA) is 99.1 Å². The van der Waals surface area contributed by atoms with Gasteiger partial charge in [0.1, 0.15) is 5.54 Å². The summed E-state index contributed by atoms with van der Waals surface area (Å²) in [6, 6.07) is 16.0. The minimum absolute atomic E-state index is 0.0634. The molecule has 0 aliphatic heterocycles. The van der Waals surface area contributed by atoms with Crippen molar-refractivity contribution in [3.63, 3.8) is 0 Å². The summed E-state index contributed by atoms with van der Waals surface area (Å²) in [7, 11) is -3.79. The van der Waals surface area contributed by atoms with Crippen LogP contribution < -0.4 is 10.0 Å². The molecule has 0 heterocycles. The third kappa shape index (κ3) is 4.41. The number of nitriles is 1. The average Bonchev–Trinajstić information content (AvgIpc) is 3.16. The van der Waals surface area contributed by atoms with Gasteiger partial charge in [0.2, 0.25) is 10.0 Å². The molecule has 0 bridgehead atoms. The van der Waals surface area contributed by atoms with Gasteiger partial charge in [-0.1, -0.05) is 36.4 Å². The SMILES string of the molecule is Cc1ccc(C(=O)NC2(C#N)CCCC2)cc1S(=O)(=O)NCc1ccccc1. The Morgan fingerprint density at radius 1 is 1.14 bits per heavy atom. The Labute approximate surface area is 165 Å². The standard InChI is InChI=1S/C21H23N3O3S/c1-16-9-10-18(20(25)24-21(15-22)11-5-6-12-21)13-19(16)28(26,27)23-14-17-7-3-2-4-8-17/h2-4,7-10,13,23H,5-6,11-12,14H2,1H3,(H,24,25). The third-order valence-corrected chi connectivity index (χ3v) is 6.62. The first kappa shape index (κ1) is 20.1. The van der Waals surface area contributed by atoms with Crippen molar-refractivity contribution < 1.29 is 13.2 Å². The number of carbonyl (C=O) groups is 1. The second-order valence-electron chi connectivity index (χ2n) is 7.15. The van der Waals surface area contributed by atoms with E-state index in [1.807, 2.05) is 30.3 Å². The van der Waals surface area contributed by atoms with Gasteiger partial charge in [0.25, 0.3) is 5.91 Å². The quantitative estimate of drug-likeness (QED) is 0.782. The molecule has 2 aromatic carbocycles. The average molecular weight is 398 g/mol. The molecule has 1 saturated carbocycles. The first-order chi connectivity index (χ1) is 13.4. The monoisotopic (exact) mass is 397 g/mol. The molecule has 2 aromatic rings. The summed E-state index contributed by atoms with van der Waals surface area (Å²) in [5.74, 6) is -0.428. The molecule has 146 valence electrons. The Balaban J connectivity index is 1.80. The van der Waals surface area contributed by atoms with Crippen LogP contribution in [-0.4, -0.2) is 19.9 Å². The lowest BCUT2D eigenvalue weighted by atomic mass is 9.99. The van der Waals surface area contributed by atoms with E-state index in [1.54, 1.807) is 19.1 Å². The van der Waals surface area contributed by atoms with Gasteiger partial charge in [0.15, 0.2) is 0 Å².